The van der Waals surface area contributed by atoms with Crippen molar-refractivity contribution in [1.82, 2.24) is 0 Å². The van der Waals surface area contributed by atoms with Crippen LogP contribution in [-0.2, 0) is 28.6 Å². The zero-order valence-electron chi connectivity index (χ0n) is 44.2. The summed E-state index contributed by atoms with van der Waals surface area (Å²) < 4.78 is 17.3. The van der Waals surface area contributed by atoms with E-state index in [1.54, 1.807) is 21.1 Å². The third kappa shape index (κ3) is 47.3. The Kier molecular flexibility index (Phi) is 46.9. The summed E-state index contributed by atoms with van der Waals surface area (Å²) in [7, 11) is 5.40. The second kappa shape index (κ2) is 49.7. The Hall–Kier alpha value is -3.75. The number of ether oxygens (including phenoxy) is 3. The minimum atomic E-state index is -1.13. The highest BCUT2D eigenvalue weighted by atomic mass is 16.6. The predicted molar refractivity (Wildman–Crippen MR) is 286 cm³/mol. The highest BCUT2D eigenvalue weighted by molar-refractivity contribution is 5.70. The van der Waals surface area contributed by atoms with Crippen LogP contribution in [0.5, 0.6) is 0 Å². The van der Waals surface area contributed by atoms with Crippen LogP contribution in [0.15, 0.2) is 97.2 Å². The fourth-order valence-electron chi connectivity index (χ4n) is 7.52. The van der Waals surface area contributed by atoms with Gasteiger partial charge >= 0.3 is 11.9 Å². The molecule has 0 saturated heterocycles. The standard InChI is InChI=1S/C60H101NO7/c1-6-8-10-12-14-16-18-20-22-24-26-28-29-31-32-34-36-38-40-42-44-46-48-50-58(62)67-55-56(54-66-53-52-57(60(64)65)61(3,4)5)68-59(63)51-49-47-45-43-41-39-37-35-33-30-27-25-23-21-19-17-15-13-11-9-7-2/h8,10,14-17,20-23,26-28,30,35,37,56-57H,6-7,9,11-13,18-19,24-25,29,31-34,36,38-55H2,1-5H3/b10-8+,16-14+,17-15+,22-20+,23-21+,28-26+,30-27+,37-35+. The molecule has 0 bridgehead atoms. The molecule has 0 heterocycles. The Morgan fingerprint density at radius 1 is 0.456 bits per heavy atom. The second-order valence-electron chi connectivity index (χ2n) is 19.1. The lowest BCUT2D eigenvalue weighted by Gasteiger charge is -2.34. The highest BCUT2D eigenvalue weighted by Gasteiger charge is 2.25. The van der Waals surface area contributed by atoms with E-state index < -0.39 is 18.1 Å². The molecule has 0 aliphatic carbocycles. The Bertz CT molecular complexity index is 1430. The zero-order chi connectivity index (χ0) is 49.9. The lowest BCUT2D eigenvalue weighted by atomic mass is 10.1. The molecule has 0 aromatic carbocycles. The number of allylic oxidation sites excluding steroid dienone is 16. The molecule has 388 valence electrons. The molecule has 68 heavy (non-hydrogen) atoms. The van der Waals surface area contributed by atoms with Gasteiger partial charge in [0.25, 0.3) is 0 Å². The molecule has 0 aromatic rings. The van der Waals surface area contributed by atoms with Gasteiger partial charge < -0.3 is 28.6 Å². The summed E-state index contributed by atoms with van der Waals surface area (Å²) in [6, 6.07) is -0.736. The zero-order valence-corrected chi connectivity index (χ0v) is 44.2. The van der Waals surface area contributed by atoms with Crippen LogP contribution in [0, 0.1) is 0 Å². The van der Waals surface area contributed by atoms with Gasteiger partial charge in [0.1, 0.15) is 12.6 Å². The molecule has 2 atom stereocenters. The van der Waals surface area contributed by atoms with Gasteiger partial charge in [-0.05, 0) is 96.3 Å². The SMILES string of the molecule is CC/C=C/C/C=C/C/C=C/C/C=C/CCCCCCCCCCCCC(=O)OCC(COCCC(C(=O)[O-])[N+](C)(C)C)OC(=O)CCCCCCC/C=C/C/C=C/C/C=C/C/C=C/CCCCC. The summed E-state index contributed by atoms with van der Waals surface area (Å²) in [5, 5.41) is 11.7. The smallest absolute Gasteiger partial charge is 0.306 e. The number of hydrogen-bond acceptors (Lipinski definition) is 7. The monoisotopic (exact) mass is 948 g/mol. The van der Waals surface area contributed by atoms with Crippen LogP contribution in [0.1, 0.15) is 213 Å². The van der Waals surface area contributed by atoms with Crippen molar-refractivity contribution in [1.29, 1.82) is 0 Å². The van der Waals surface area contributed by atoms with E-state index in [1.165, 1.54) is 77.0 Å². The number of carbonyl (C=O) groups excluding carboxylic acids is 3. The molecule has 0 fully saturated rings. The third-order valence-electron chi connectivity index (χ3n) is 11.7. The van der Waals surface area contributed by atoms with Crippen molar-refractivity contribution in [2.24, 2.45) is 0 Å². The van der Waals surface area contributed by atoms with Crippen molar-refractivity contribution in [2.75, 3.05) is 41.0 Å². The molecule has 2 unspecified atom stereocenters. The minimum absolute atomic E-state index is 0.0265. The summed E-state index contributed by atoms with van der Waals surface area (Å²) in [5.74, 6) is -1.77. The number of rotatable bonds is 48. The van der Waals surface area contributed by atoms with Crippen molar-refractivity contribution in [2.45, 2.75) is 225 Å². The number of hydrogen-bond donors (Lipinski definition) is 0. The lowest BCUT2D eigenvalue weighted by molar-refractivity contribution is -0.889. The van der Waals surface area contributed by atoms with Crippen LogP contribution >= 0.6 is 0 Å². The number of likely N-dealkylation sites (N-methyl/N-ethyl adjacent to an activating group) is 1. The van der Waals surface area contributed by atoms with Gasteiger partial charge in [-0.2, -0.15) is 0 Å². The van der Waals surface area contributed by atoms with E-state index in [9.17, 15) is 19.5 Å². The van der Waals surface area contributed by atoms with Gasteiger partial charge in [-0.25, -0.2) is 0 Å². The van der Waals surface area contributed by atoms with E-state index in [-0.39, 0.29) is 42.7 Å². The van der Waals surface area contributed by atoms with Crippen LogP contribution in [0.25, 0.3) is 0 Å². The first-order valence-corrected chi connectivity index (χ1v) is 27.3. The van der Waals surface area contributed by atoms with Crippen LogP contribution in [0.3, 0.4) is 0 Å². The highest BCUT2D eigenvalue weighted by Crippen LogP contribution is 2.14. The second-order valence-corrected chi connectivity index (χ2v) is 19.1. The van der Waals surface area contributed by atoms with E-state index in [1.807, 2.05) is 0 Å². The molecule has 0 aliphatic heterocycles. The van der Waals surface area contributed by atoms with Gasteiger partial charge in [0.15, 0.2) is 6.10 Å². The molecule has 0 saturated carbocycles. The summed E-state index contributed by atoms with van der Waals surface area (Å²) >= 11 is 0. The Morgan fingerprint density at radius 2 is 0.824 bits per heavy atom. The largest absolute Gasteiger partial charge is 0.544 e. The van der Waals surface area contributed by atoms with E-state index in [0.29, 0.717) is 12.8 Å². The van der Waals surface area contributed by atoms with Crippen molar-refractivity contribution in [3.63, 3.8) is 0 Å². The fraction of sp³-hybridized carbons (Fsp3) is 0.683. The molecule has 8 nitrogen and oxygen atoms in total. The molecule has 0 N–H and O–H groups in total. The number of carboxylic acids is 1. The average Bonchev–Trinajstić information content (AvgIpc) is 3.30. The topological polar surface area (TPSA) is 102 Å². The summed E-state index contributed by atoms with van der Waals surface area (Å²) in [5.41, 5.74) is 0. The van der Waals surface area contributed by atoms with Gasteiger partial charge in [-0.15, -0.1) is 0 Å². The molecule has 0 amide bonds. The molecule has 0 rings (SSSR count). The minimum Gasteiger partial charge on any atom is -0.544 e. The Labute approximate surface area is 417 Å². The molecule has 0 spiro atoms. The molecule has 0 radical (unpaired) electrons. The number of nitrogens with zero attached hydrogens (tertiary/aromatic N) is 1. The lowest BCUT2D eigenvalue weighted by Crippen LogP contribution is -2.55. The first kappa shape index (κ1) is 64.2. The number of unbranched alkanes of at least 4 members (excludes halogenated alkanes) is 18. The van der Waals surface area contributed by atoms with Gasteiger partial charge in [0.2, 0.25) is 0 Å². The van der Waals surface area contributed by atoms with Crippen molar-refractivity contribution in [3.8, 4) is 0 Å². The van der Waals surface area contributed by atoms with Crippen molar-refractivity contribution in [3.05, 3.63) is 97.2 Å². The number of aliphatic carboxylic acids is 1. The number of quaternary nitrogens is 1. The van der Waals surface area contributed by atoms with Crippen LogP contribution in [0.4, 0.5) is 0 Å². The normalized spacial score (nSPS) is 13.6. The van der Waals surface area contributed by atoms with E-state index in [2.05, 4.69) is 111 Å². The first-order valence-electron chi connectivity index (χ1n) is 27.3. The molecular weight excluding hydrogens is 847 g/mol. The predicted octanol–water partition coefficient (Wildman–Crippen LogP) is 14.9. The van der Waals surface area contributed by atoms with Gasteiger partial charge in [-0.3, -0.25) is 9.59 Å². The maximum Gasteiger partial charge on any atom is 0.306 e. The third-order valence-corrected chi connectivity index (χ3v) is 11.7. The van der Waals surface area contributed by atoms with E-state index in [0.717, 1.165) is 103 Å². The molecule has 0 aromatic heterocycles. The van der Waals surface area contributed by atoms with Crippen molar-refractivity contribution >= 4 is 17.9 Å². The number of carbonyl (C=O) groups is 3. The Balaban J connectivity index is 4.27. The first-order chi connectivity index (χ1) is 33.1. The van der Waals surface area contributed by atoms with E-state index >= 15 is 0 Å². The van der Waals surface area contributed by atoms with Crippen LogP contribution < -0.4 is 5.11 Å². The quantitative estimate of drug-likeness (QED) is 0.0259. The average molecular weight is 948 g/mol. The van der Waals surface area contributed by atoms with Gasteiger partial charge in [0.05, 0.1) is 40.3 Å². The van der Waals surface area contributed by atoms with Crippen LogP contribution in [-0.4, -0.2) is 75.5 Å². The molecule has 8 heteroatoms. The van der Waals surface area contributed by atoms with Crippen LogP contribution in [0.2, 0.25) is 0 Å². The number of carboxylic acid groups (broad SMARTS) is 1. The van der Waals surface area contributed by atoms with Gasteiger partial charge in [0, 0.05) is 19.3 Å². The Morgan fingerprint density at radius 3 is 1.22 bits per heavy atom. The maximum absolute atomic E-state index is 12.8. The maximum atomic E-state index is 12.8. The number of esters is 2. The molecule has 0 aliphatic rings. The fourth-order valence-corrected chi connectivity index (χ4v) is 7.52. The molecular formula is C60H101NO7. The van der Waals surface area contributed by atoms with Crippen molar-refractivity contribution < 1.29 is 38.2 Å². The summed E-state index contributed by atoms with van der Waals surface area (Å²) in [6.07, 6.45) is 67.2. The van der Waals surface area contributed by atoms with Gasteiger partial charge in [-0.1, -0.05) is 195 Å². The van der Waals surface area contributed by atoms with E-state index in [4.69, 9.17) is 14.2 Å². The summed E-state index contributed by atoms with van der Waals surface area (Å²) in [4.78, 5) is 37.1. The summed E-state index contributed by atoms with van der Waals surface area (Å²) in [6.45, 7) is 4.50.